The molecule has 0 N–H and O–H groups in total. The summed E-state index contributed by atoms with van der Waals surface area (Å²) in [6.07, 6.45) is -34.6. The Hall–Kier alpha value is -1.40. The number of hydrogen-bond donors (Lipinski definition) is 0. The van der Waals surface area contributed by atoms with Crippen LogP contribution in [0.4, 0.5) is 87.8 Å². The molecule has 0 amide bonds. The molecule has 0 aromatic rings. The minimum Gasteiger partial charge on any atom is -0.225 e. The molecular formula is C10F20. The highest BCUT2D eigenvalue weighted by Gasteiger charge is 3.13. The highest BCUT2D eigenvalue weighted by Crippen LogP contribution is 2.78. The maximum Gasteiger partial charge on any atom is 0.434 e. The number of rotatable bonds is 0. The second kappa shape index (κ2) is 5.69. The average molecular weight is 500 g/mol. The van der Waals surface area contributed by atoms with Crippen molar-refractivity contribution in [1.29, 1.82) is 0 Å². The molecule has 0 saturated heterocycles. The summed E-state index contributed by atoms with van der Waals surface area (Å²) in [6.45, 7) is 0. The van der Waals surface area contributed by atoms with Gasteiger partial charge in [0, 0.05) is 0 Å². The SMILES string of the molecule is FC(F)(F)C1(F)C(F)(F)C(F)(C(F)(F)F)C(F)(C(F)(F)F)C(F)(C(F)(F)F)C1(F)F. The zero-order valence-corrected chi connectivity index (χ0v) is 12.6. The Kier molecular flexibility index (Phi) is 5.05. The van der Waals surface area contributed by atoms with Crippen molar-refractivity contribution in [1.82, 2.24) is 0 Å². The van der Waals surface area contributed by atoms with Crippen molar-refractivity contribution in [2.24, 2.45) is 0 Å². The van der Waals surface area contributed by atoms with Gasteiger partial charge in [-0.1, -0.05) is 0 Å². The molecule has 0 radical (unpaired) electrons. The minimum atomic E-state index is -9.24. The fourth-order valence-electron chi connectivity index (χ4n) is 2.84. The molecule has 1 rings (SSSR count). The van der Waals surface area contributed by atoms with E-state index in [2.05, 4.69) is 0 Å². The van der Waals surface area contributed by atoms with Gasteiger partial charge in [0.1, 0.15) is 0 Å². The molecule has 1 aliphatic carbocycles. The van der Waals surface area contributed by atoms with Crippen molar-refractivity contribution in [3.63, 3.8) is 0 Å². The third kappa shape index (κ3) is 2.22. The van der Waals surface area contributed by atoms with Crippen LogP contribution in [0.2, 0.25) is 0 Å². The lowest BCUT2D eigenvalue weighted by Gasteiger charge is -2.60. The van der Waals surface area contributed by atoms with Gasteiger partial charge in [-0.05, 0) is 0 Å². The maximum absolute atomic E-state index is 14.1. The first-order chi connectivity index (χ1) is 12.5. The van der Waals surface area contributed by atoms with Gasteiger partial charge in [-0.15, -0.1) is 0 Å². The number of hydrogen-bond acceptors (Lipinski definition) is 0. The fourth-order valence-corrected chi connectivity index (χ4v) is 2.84. The van der Waals surface area contributed by atoms with Crippen LogP contribution in [0, 0.1) is 0 Å². The Bertz CT molecular complexity index is 646. The predicted octanol–water partition coefficient (Wildman–Crippen LogP) is 6.35. The van der Waals surface area contributed by atoms with E-state index in [9.17, 15) is 87.8 Å². The van der Waals surface area contributed by atoms with Gasteiger partial charge in [-0.2, -0.15) is 70.2 Å². The van der Waals surface area contributed by atoms with E-state index in [4.69, 9.17) is 0 Å². The zero-order valence-electron chi connectivity index (χ0n) is 12.6. The summed E-state index contributed by atoms with van der Waals surface area (Å²) in [5.41, 5.74) is -36.6. The standard InChI is InChI=1S/C10F20/c11-1(7(19,20)21)2(12,8(22,23)24)5(15,16)4(14,10(28,29)30)6(17,18)3(1,13)9(25,26)27. The molecule has 0 aromatic heterocycles. The van der Waals surface area contributed by atoms with Gasteiger partial charge in [0.15, 0.2) is 0 Å². The first-order valence-corrected chi connectivity index (χ1v) is 6.28. The molecule has 180 valence electrons. The molecule has 0 aromatic carbocycles. The largest absolute Gasteiger partial charge is 0.434 e. The molecule has 1 aliphatic rings. The summed E-state index contributed by atoms with van der Waals surface area (Å²) in [7, 11) is 0. The van der Waals surface area contributed by atoms with E-state index in [1.807, 2.05) is 0 Å². The molecule has 30 heavy (non-hydrogen) atoms. The van der Waals surface area contributed by atoms with Gasteiger partial charge < -0.3 is 0 Å². The van der Waals surface area contributed by atoms with Crippen LogP contribution in [0.3, 0.4) is 0 Å². The summed E-state index contributed by atoms with van der Waals surface area (Å²) in [5.74, 6) is -18.1. The summed E-state index contributed by atoms with van der Waals surface area (Å²) < 4.78 is 262. The molecule has 2 unspecified atom stereocenters. The van der Waals surface area contributed by atoms with Crippen molar-refractivity contribution >= 4 is 0 Å². The van der Waals surface area contributed by atoms with Gasteiger partial charge in [0.05, 0.1) is 0 Å². The molecular weight excluding hydrogens is 500 g/mol. The Morgan fingerprint density at radius 1 is 0.267 bits per heavy atom. The summed E-state index contributed by atoms with van der Waals surface area (Å²) in [4.78, 5) is 0. The third-order valence-corrected chi connectivity index (χ3v) is 4.24. The molecule has 0 aliphatic heterocycles. The Labute approximate surface area is 148 Å². The van der Waals surface area contributed by atoms with Crippen LogP contribution in [0.15, 0.2) is 0 Å². The van der Waals surface area contributed by atoms with Crippen LogP contribution in [-0.2, 0) is 0 Å². The Morgan fingerprint density at radius 3 is 0.567 bits per heavy atom. The van der Waals surface area contributed by atoms with E-state index in [0.29, 0.717) is 0 Å². The first-order valence-electron chi connectivity index (χ1n) is 6.28. The number of alkyl halides is 20. The van der Waals surface area contributed by atoms with Gasteiger partial charge in [0.2, 0.25) is 0 Å². The minimum absolute atomic E-state index is 8.52. The van der Waals surface area contributed by atoms with Crippen LogP contribution in [0.25, 0.3) is 0 Å². The van der Waals surface area contributed by atoms with Gasteiger partial charge in [0.25, 0.3) is 0 Å². The lowest BCUT2D eigenvalue weighted by molar-refractivity contribution is -0.537. The first kappa shape index (κ1) is 26.6. The molecule has 20 heteroatoms. The van der Waals surface area contributed by atoms with Crippen molar-refractivity contribution in [3.05, 3.63) is 0 Å². The lowest BCUT2D eigenvalue weighted by atomic mass is 9.55. The maximum atomic E-state index is 14.1. The monoisotopic (exact) mass is 500 g/mol. The zero-order chi connectivity index (χ0) is 25.0. The molecule has 0 spiro atoms. The van der Waals surface area contributed by atoms with E-state index in [1.54, 1.807) is 0 Å². The normalized spacial score (nSPS) is 40.4. The molecule has 1 saturated carbocycles. The smallest absolute Gasteiger partial charge is 0.225 e. The van der Waals surface area contributed by atoms with Crippen LogP contribution in [0.5, 0.6) is 0 Å². The van der Waals surface area contributed by atoms with Gasteiger partial charge in [-0.25, -0.2) is 17.6 Å². The Morgan fingerprint density at radius 2 is 0.433 bits per heavy atom. The van der Waals surface area contributed by atoms with Crippen molar-refractivity contribution in [2.45, 2.75) is 59.2 Å². The van der Waals surface area contributed by atoms with E-state index >= 15 is 0 Å². The third-order valence-electron chi connectivity index (χ3n) is 4.24. The van der Waals surface area contributed by atoms with Crippen LogP contribution in [0.1, 0.15) is 0 Å². The van der Waals surface area contributed by atoms with Crippen molar-refractivity contribution in [3.8, 4) is 0 Å². The predicted molar refractivity (Wildman–Crippen MR) is 49.5 cm³/mol. The van der Waals surface area contributed by atoms with Crippen LogP contribution < -0.4 is 0 Å². The molecule has 0 nitrogen and oxygen atoms in total. The Balaban J connectivity index is 4.62. The average Bonchev–Trinajstić information content (AvgIpc) is 2.45. The van der Waals surface area contributed by atoms with Gasteiger partial charge in [-0.3, -0.25) is 0 Å². The summed E-state index contributed by atoms with van der Waals surface area (Å²) >= 11 is 0. The highest BCUT2D eigenvalue weighted by atomic mass is 19.4. The van der Waals surface area contributed by atoms with Crippen LogP contribution >= 0.6 is 0 Å². The second-order valence-corrected chi connectivity index (χ2v) is 5.77. The topological polar surface area (TPSA) is 0 Å². The number of halogens is 20. The highest BCUT2D eigenvalue weighted by molar-refractivity contribution is 5.40. The molecule has 2 atom stereocenters. The molecule has 1 fully saturated rings. The van der Waals surface area contributed by atoms with Crippen molar-refractivity contribution < 1.29 is 87.8 Å². The quantitative estimate of drug-likeness (QED) is 0.340. The van der Waals surface area contributed by atoms with E-state index in [1.165, 1.54) is 0 Å². The lowest BCUT2D eigenvalue weighted by Crippen LogP contribution is -2.96. The van der Waals surface area contributed by atoms with Gasteiger partial charge >= 0.3 is 59.2 Å². The van der Waals surface area contributed by atoms with Crippen LogP contribution in [-0.4, -0.2) is 59.2 Å². The molecule has 0 heterocycles. The summed E-state index contributed by atoms with van der Waals surface area (Å²) in [5, 5.41) is 0. The fraction of sp³-hybridized carbons (Fsp3) is 1.00. The van der Waals surface area contributed by atoms with E-state index < -0.39 is 59.2 Å². The molecule has 0 bridgehead atoms. The van der Waals surface area contributed by atoms with E-state index in [-0.39, 0.29) is 0 Å². The van der Waals surface area contributed by atoms with Crippen molar-refractivity contribution in [2.75, 3.05) is 0 Å². The van der Waals surface area contributed by atoms with E-state index in [0.717, 1.165) is 0 Å². The second-order valence-electron chi connectivity index (χ2n) is 5.77. The summed E-state index contributed by atoms with van der Waals surface area (Å²) in [6, 6.07) is 0.